The Morgan fingerprint density at radius 1 is 1.00 bits per heavy atom. The lowest BCUT2D eigenvalue weighted by Crippen LogP contribution is -2.35. The predicted octanol–water partition coefficient (Wildman–Crippen LogP) is 3.93. The van der Waals surface area contributed by atoms with Crippen molar-refractivity contribution in [2.75, 3.05) is 26.2 Å². The smallest absolute Gasteiger partial charge is 0.129 e. The minimum atomic E-state index is 0.814. The van der Waals surface area contributed by atoms with Gasteiger partial charge in [-0.15, -0.1) is 0 Å². The van der Waals surface area contributed by atoms with Crippen LogP contribution < -0.4 is 10.1 Å². The Bertz CT molecular complexity index is 821. The van der Waals surface area contributed by atoms with Crippen LogP contribution in [-0.2, 0) is 6.54 Å². The third kappa shape index (κ3) is 4.42. The number of hydrogen-bond donors (Lipinski definition) is 2. The van der Waals surface area contributed by atoms with Crippen LogP contribution in [0.5, 0.6) is 11.5 Å². The molecule has 136 valence electrons. The van der Waals surface area contributed by atoms with E-state index in [2.05, 4.69) is 32.3 Å². The van der Waals surface area contributed by atoms with Crippen molar-refractivity contribution in [1.82, 2.24) is 20.2 Å². The number of nitrogens with zero attached hydrogens (tertiary/aromatic N) is 2. The summed E-state index contributed by atoms with van der Waals surface area (Å²) in [6.07, 6.45) is 5.80. The molecule has 1 aliphatic heterocycles. The zero-order chi connectivity index (χ0) is 17.6. The van der Waals surface area contributed by atoms with E-state index >= 15 is 0 Å². The normalized spacial score (nSPS) is 15.4. The molecule has 1 saturated heterocycles. The largest absolute Gasteiger partial charge is 0.457 e. The van der Waals surface area contributed by atoms with Gasteiger partial charge in [-0.3, -0.25) is 0 Å². The van der Waals surface area contributed by atoms with E-state index in [1.807, 2.05) is 30.3 Å². The lowest BCUT2D eigenvalue weighted by molar-refractivity contribution is 0.229. The van der Waals surface area contributed by atoms with E-state index in [0.29, 0.717) is 0 Å². The summed E-state index contributed by atoms with van der Waals surface area (Å²) >= 11 is 0. The fourth-order valence-corrected chi connectivity index (χ4v) is 3.44. The molecule has 0 unspecified atom stereocenters. The topological polar surface area (TPSA) is 53.2 Å². The Kier molecular flexibility index (Phi) is 5.47. The number of aromatic amines is 1. The molecule has 0 saturated carbocycles. The molecule has 4 rings (SSSR count). The number of rotatable bonds is 7. The van der Waals surface area contributed by atoms with Crippen LogP contribution in [0, 0.1) is 0 Å². The van der Waals surface area contributed by atoms with Crippen LogP contribution in [0.2, 0.25) is 0 Å². The van der Waals surface area contributed by atoms with Gasteiger partial charge < -0.3 is 19.9 Å². The Balaban J connectivity index is 1.25. The Morgan fingerprint density at radius 2 is 1.81 bits per heavy atom. The zero-order valence-electron chi connectivity index (χ0n) is 15.1. The molecule has 26 heavy (non-hydrogen) atoms. The third-order valence-electron chi connectivity index (χ3n) is 4.93. The number of nitrogens with one attached hydrogen (secondary N) is 2. The highest BCUT2D eigenvalue weighted by Gasteiger charge is 2.08. The van der Waals surface area contributed by atoms with E-state index in [1.54, 1.807) is 6.33 Å². The van der Waals surface area contributed by atoms with Gasteiger partial charge in [0.05, 0.1) is 17.4 Å². The van der Waals surface area contributed by atoms with E-state index in [4.69, 9.17) is 4.74 Å². The van der Waals surface area contributed by atoms with Crippen molar-refractivity contribution in [1.29, 1.82) is 0 Å². The van der Waals surface area contributed by atoms with Gasteiger partial charge in [0, 0.05) is 25.7 Å². The van der Waals surface area contributed by atoms with Crippen molar-refractivity contribution >= 4 is 11.0 Å². The fourth-order valence-electron chi connectivity index (χ4n) is 3.44. The number of fused-ring (bicyclic) bond motifs is 1. The maximum absolute atomic E-state index is 5.94. The van der Waals surface area contributed by atoms with E-state index in [9.17, 15) is 0 Å². The fraction of sp³-hybridized carbons (Fsp3) is 0.381. The first kappa shape index (κ1) is 17.1. The van der Waals surface area contributed by atoms with E-state index in [-0.39, 0.29) is 0 Å². The number of imidazole rings is 1. The molecule has 0 spiro atoms. The highest BCUT2D eigenvalue weighted by molar-refractivity contribution is 5.76. The number of piperidine rings is 1. The van der Waals surface area contributed by atoms with Gasteiger partial charge in [0.1, 0.15) is 11.5 Å². The highest BCUT2D eigenvalue weighted by Crippen LogP contribution is 2.24. The predicted molar refractivity (Wildman–Crippen MR) is 105 cm³/mol. The van der Waals surface area contributed by atoms with Gasteiger partial charge in [-0.2, -0.15) is 0 Å². The van der Waals surface area contributed by atoms with Gasteiger partial charge in [-0.05, 0) is 55.8 Å². The van der Waals surface area contributed by atoms with Crippen molar-refractivity contribution < 1.29 is 4.74 Å². The molecule has 2 aromatic carbocycles. The summed E-state index contributed by atoms with van der Waals surface area (Å²) < 4.78 is 5.94. The van der Waals surface area contributed by atoms with Crippen molar-refractivity contribution in [3.63, 3.8) is 0 Å². The summed E-state index contributed by atoms with van der Waals surface area (Å²) in [6.45, 7) is 5.62. The summed E-state index contributed by atoms with van der Waals surface area (Å²) in [4.78, 5) is 9.89. The van der Waals surface area contributed by atoms with Crippen molar-refractivity contribution in [3.05, 3.63) is 54.4 Å². The van der Waals surface area contributed by atoms with Crippen LogP contribution in [0.3, 0.4) is 0 Å². The van der Waals surface area contributed by atoms with Gasteiger partial charge >= 0.3 is 0 Å². The second-order valence-electron chi connectivity index (χ2n) is 6.91. The van der Waals surface area contributed by atoms with Gasteiger partial charge in [0.25, 0.3) is 0 Å². The average molecular weight is 350 g/mol. The molecule has 2 N–H and O–H groups in total. The Morgan fingerprint density at radius 3 is 2.65 bits per heavy atom. The standard InChI is InChI=1S/C21H26N4O/c1-2-11-25(12-3-1)13-10-22-15-17-4-6-18(7-5-17)26-19-8-9-20-21(14-19)24-16-23-20/h4-9,14,16,22H,1-3,10-13,15H2,(H,23,24). The molecule has 0 radical (unpaired) electrons. The van der Waals surface area contributed by atoms with Crippen LogP contribution >= 0.6 is 0 Å². The molecular formula is C21H26N4O. The minimum absolute atomic E-state index is 0.814. The van der Waals surface area contributed by atoms with Crippen LogP contribution in [0.15, 0.2) is 48.8 Å². The molecule has 5 heteroatoms. The molecule has 1 aliphatic rings. The van der Waals surface area contributed by atoms with Crippen molar-refractivity contribution in [3.8, 4) is 11.5 Å². The minimum Gasteiger partial charge on any atom is -0.457 e. The summed E-state index contributed by atoms with van der Waals surface area (Å²) in [5.41, 5.74) is 3.21. The van der Waals surface area contributed by atoms with Crippen molar-refractivity contribution in [2.24, 2.45) is 0 Å². The zero-order valence-corrected chi connectivity index (χ0v) is 15.1. The van der Waals surface area contributed by atoms with Crippen LogP contribution in [0.4, 0.5) is 0 Å². The maximum Gasteiger partial charge on any atom is 0.129 e. The summed E-state index contributed by atoms with van der Waals surface area (Å²) in [6, 6.07) is 14.2. The molecule has 2 heterocycles. The molecular weight excluding hydrogens is 324 g/mol. The first-order chi connectivity index (χ1) is 12.9. The number of likely N-dealkylation sites (tertiary alicyclic amines) is 1. The second-order valence-corrected chi connectivity index (χ2v) is 6.91. The van der Waals surface area contributed by atoms with Gasteiger partial charge in [-0.25, -0.2) is 4.98 Å². The summed E-state index contributed by atoms with van der Waals surface area (Å²) in [5.74, 6) is 1.66. The first-order valence-corrected chi connectivity index (χ1v) is 9.50. The van der Waals surface area contributed by atoms with Crippen LogP contribution in [0.25, 0.3) is 11.0 Å². The number of benzene rings is 2. The maximum atomic E-state index is 5.94. The van der Waals surface area contributed by atoms with Crippen LogP contribution in [0.1, 0.15) is 24.8 Å². The van der Waals surface area contributed by atoms with Gasteiger partial charge in [-0.1, -0.05) is 18.6 Å². The summed E-state index contributed by atoms with van der Waals surface area (Å²) in [5, 5.41) is 3.54. The quantitative estimate of drug-likeness (QED) is 0.634. The van der Waals surface area contributed by atoms with Gasteiger partial charge in [0.15, 0.2) is 0 Å². The molecule has 1 fully saturated rings. The number of aromatic nitrogens is 2. The molecule has 0 atom stereocenters. The molecule has 3 aromatic rings. The monoisotopic (exact) mass is 350 g/mol. The molecule has 0 amide bonds. The molecule has 0 bridgehead atoms. The number of H-pyrrole nitrogens is 1. The van der Waals surface area contributed by atoms with E-state index in [1.165, 1.54) is 37.9 Å². The lowest BCUT2D eigenvalue weighted by Gasteiger charge is -2.26. The van der Waals surface area contributed by atoms with E-state index in [0.717, 1.165) is 42.2 Å². The molecule has 1 aromatic heterocycles. The second kappa shape index (κ2) is 8.34. The van der Waals surface area contributed by atoms with E-state index < -0.39 is 0 Å². The van der Waals surface area contributed by atoms with Gasteiger partial charge in [0.2, 0.25) is 0 Å². The first-order valence-electron chi connectivity index (χ1n) is 9.50. The van der Waals surface area contributed by atoms with Crippen molar-refractivity contribution in [2.45, 2.75) is 25.8 Å². The summed E-state index contributed by atoms with van der Waals surface area (Å²) in [7, 11) is 0. The number of hydrogen-bond acceptors (Lipinski definition) is 4. The number of ether oxygens (including phenoxy) is 1. The van der Waals surface area contributed by atoms with Crippen LogP contribution in [-0.4, -0.2) is 41.0 Å². The molecule has 0 aliphatic carbocycles. The highest BCUT2D eigenvalue weighted by atomic mass is 16.5. The molecule has 5 nitrogen and oxygen atoms in total. The lowest BCUT2D eigenvalue weighted by atomic mass is 10.1. The SMILES string of the molecule is c1nc2ccc(Oc3ccc(CNCCN4CCCCC4)cc3)cc2[nH]1. The third-order valence-corrected chi connectivity index (χ3v) is 4.93. The average Bonchev–Trinajstić information content (AvgIpc) is 3.15. The Hall–Kier alpha value is -2.37. The Labute approximate surface area is 154 Å².